The second-order valence-electron chi connectivity index (χ2n) is 6.99. The van der Waals surface area contributed by atoms with Crippen molar-refractivity contribution in [2.24, 2.45) is 0 Å². The molecule has 5 nitrogen and oxygen atoms in total. The van der Waals surface area contributed by atoms with Crippen LogP contribution in [0.2, 0.25) is 5.02 Å². The van der Waals surface area contributed by atoms with E-state index in [2.05, 4.69) is 4.72 Å². The van der Waals surface area contributed by atoms with E-state index in [9.17, 15) is 13.2 Å². The van der Waals surface area contributed by atoms with E-state index in [-0.39, 0.29) is 11.9 Å². The average molecular weight is 407 g/mol. The lowest BCUT2D eigenvalue weighted by atomic mass is 10.0. The summed E-state index contributed by atoms with van der Waals surface area (Å²) >= 11 is 6.28. The van der Waals surface area contributed by atoms with E-state index in [0.717, 1.165) is 30.2 Å². The summed E-state index contributed by atoms with van der Waals surface area (Å²) in [5, 5.41) is 0.715. The first kappa shape index (κ1) is 19.7. The molecule has 2 aromatic carbocycles. The van der Waals surface area contributed by atoms with Gasteiger partial charge in [0.05, 0.1) is 11.9 Å². The van der Waals surface area contributed by atoms with Crippen molar-refractivity contribution >= 4 is 33.2 Å². The third-order valence-electron chi connectivity index (χ3n) is 4.83. The van der Waals surface area contributed by atoms with Gasteiger partial charge in [0.2, 0.25) is 10.0 Å². The smallest absolute Gasteiger partial charge is 0.254 e. The Hall–Kier alpha value is -2.05. The predicted octanol–water partition coefficient (Wildman–Crippen LogP) is 3.87. The molecule has 0 aliphatic carbocycles. The highest BCUT2D eigenvalue weighted by atomic mass is 35.5. The highest BCUT2D eigenvalue weighted by Crippen LogP contribution is 2.27. The van der Waals surface area contributed by atoms with E-state index < -0.39 is 10.0 Å². The maximum absolute atomic E-state index is 13.1. The first-order valence-electron chi connectivity index (χ1n) is 8.87. The Labute approximate surface area is 165 Å². The van der Waals surface area contributed by atoms with Gasteiger partial charge in [-0.25, -0.2) is 8.42 Å². The Bertz CT molecular complexity index is 959. The van der Waals surface area contributed by atoms with Gasteiger partial charge in [0.25, 0.3) is 5.91 Å². The molecule has 1 atom stereocenters. The number of hydrogen-bond donors (Lipinski definition) is 1. The third-order valence-corrected chi connectivity index (χ3v) is 5.79. The van der Waals surface area contributed by atoms with E-state index >= 15 is 0 Å². The molecule has 2 aromatic rings. The minimum atomic E-state index is -3.41. The first-order chi connectivity index (χ1) is 12.7. The summed E-state index contributed by atoms with van der Waals surface area (Å²) in [6.45, 7) is 2.49. The Morgan fingerprint density at radius 2 is 2.00 bits per heavy atom. The molecule has 0 spiro atoms. The lowest BCUT2D eigenvalue weighted by Crippen LogP contribution is -2.37. The van der Waals surface area contributed by atoms with Gasteiger partial charge in [-0.15, -0.1) is 0 Å². The summed E-state index contributed by atoms with van der Waals surface area (Å²) in [4.78, 5) is 15.0. The largest absolute Gasteiger partial charge is 0.335 e. The second kappa shape index (κ2) is 7.90. The maximum atomic E-state index is 13.1. The first-order valence-corrected chi connectivity index (χ1v) is 11.1. The fraction of sp³-hybridized carbons (Fsp3) is 0.350. The van der Waals surface area contributed by atoms with Crippen LogP contribution in [0.5, 0.6) is 0 Å². The van der Waals surface area contributed by atoms with Crippen LogP contribution in [0.25, 0.3) is 0 Å². The Kier molecular flexibility index (Phi) is 5.77. The van der Waals surface area contributed by atoms with E-state index in [1.807, 2.05) is 29.2 Å². The van der Waals surface area contributed by atoms with Crippen molar-refractivity contribution in [3.63, 3.8) is 0 Å². The highest BCUT2D eigenvalue weighted by molar-refractivity contribution is 7.92. The SMILES string of the molecule is Cc1ccc(C(=O)N2CCC[C@@H]2Cc2ccccc2Cl)cc1NS(C)(=O)=O. The number of carbonyl (C=O) groups is 1. The standard InChI is InChI=1S/C20H23ClN2O3S/c1-14-9-10-16(13-19(14)22-27(2,25)26)20(24)23-11-5-7-17(23)12-15-6-3-4-8-18(15)21/h3-4,6,8-10,13,17,22H,5,7,11-12H2,1-2H3/t17-/m1/s1. The molecule has 1 aliphatic heterocycles. The van der Waals surface area contributed by atoms with Gasteiger partial charge in [0.1, 0.15) is 0 Å². The maximum Gasteiger partial charge on any atom is 0.254 e. The quantitative estimate of drug-likeness (QED) is 0.819. The number of amides is 1. The summed E-state index contributed by atoms with van der Waals surface area (Å²) < 4.78 is 25.6. The monoisotopic (exact) mass is 406 g/mol. The lowest BCUT2D eigenvalue weighted by molar-refractivity contribution is 0.0736. The summed E-state index contributed by atoms with van der Waals surface area (Å²) in [5.41, 5.74) is 2.72. The van der Waals surface area contributed by atoms with Crippen molar-refractivity contribution in [3.8, 4) is 0 Å². The van der Waals surface area contributed by atoms with Gasteiger partial charge in [0.15, 0.2) is 0 Å². The zero-order valence-corrected chi connectivity index (χ0v) is 17.0. The van der Waals surface area contributed by atoms with Crippen LogP contribution in [0.1, 0.15) is 34.3 Å². The van der Waals surface area contributed by atoms with E-state index in [1.54, 1.807) is 25.1 Å². The average Bonchev–Trinajstić information content (AvgIpc) is 3.05. The number of aryl methyl sites for hydroxylation is 1. The van der Waals surface area contributed by atoms with Gasteiger partial charge in [-0.3, -0.25) is 9.52 Å². The normalized spacial score (nSPS) is 17.1. The number of likely N-dealkylation sites (tertiary alicyclic amines) is 1. The van der Waals surface area contributed by atoms with Crippen molar-refractivity contribution < 1.29 is 13.2 Å². The molecule has 1 saturated heterocycles. The van der Waals surface area contributed by atoms with Gasteiger partial charge < -0.3 is 4.90 Å². The molecule has 144 valence electrons. The van der Waals surface area contributed by atoms with Gasteiger partial charge in [-0.2, -0.15) is 0 Å². The number of rotatable bonds is 5. The predicted molar refractivity (Wildman–Crippen MR) is 109 cm³/mol. The van der Waals surface area contributed by atoms with Crippen molar-refractivity contribution in [2.75, 3.05) is 17.5 Å². The molecule has 27 heavy (non-hydrogen) atoms. The van der Waals surface area contributed by atoms with Crippen LogP contribution < -0.4 is 4.72 Å². The number of carbonyl (C=O) groups excluding carboxylic acids is 1. The molecule has 3 rings (SSSR count). The summed E-state index contributed by atoms with van der Waals surface area (Å²) in [6, 6.07) is 12.9. The fourth-order valence-electron chi connectivity index (χ4n) is 3.46. The minimum absolute atomic E-state index is 0.0823. The van der Waals surface area contributed by atoms with Gasteiger partial charge in [-0.1, -0.05) is 35.9 Å². The molecule has 1 fully saturated rings. The number of sulfonamides is 1. The summed E-state index contributed by atoms with van der Waals surface area (Å²) in [5.74, 6) is -0.0823. The Morgan fingerprint density at radius 3 is 2.70 bits per heavy atom. The van der Waals surface area contributed by atoms with Crippen LogP contribution >= 0.6 is 11.6 Å². The van der Waals surface area contributed by atoms with Crippen molar-refractivity contribution in [2.45, 2.75) is 32.2 Å². The molecule has 0 bridgehead atoms. The van der Waals surface area contributed by atoms with Crippen LogP contribution in [0.3, 0.4) is 0 Å². The number of benzene rings is 2. The molecule has 0 saturated carbocycles. The number of halogens is 1. The van der Waals surface area contributed by atoms with Crippen LogP contribution in [0.15, 0.2) is 42.5 Å². The molecule has 0 unspecified atom stereocenters. The van der Waals surface area contributed by atoms with Gasteiger partial charge in [-0.05, 0) is 55.5 Å². The zero-order valence-electron chi connectivity index (χ0n) is 15.4. The second-order valence-corrected chi connectivity index (χ2v) is 9.15. The topological polar surface area (TPSA) is 66.5 Å². The molecule has 1 aliphatic rings. The number of anilines is 1. The number of nitrogens with one attached hydrogen (secondary N) is 1. The van der Waals surface area contributed by atoms with Gasteiger partial charge in [0, 0.05) is 23.2 Å². The minimum Gasteiger partial charge on any atom is -0.335 e. The highest BCUT2D eigenvalue weighted by Gasteiger charge is 2.30. The summed E-state index contributed by atoms with van der Waals surface area (Å²) in [7, 11) is -3.41. The third kappa shape index (κ3) is 4.82. The molecule has 1 heterocycles. The molecular weight excluding hydrogens is 384 g/mol. The van der Waals surface area contributed by atoms with E-state index in [1.165, 1.54) is 0 Å². The van der Waals surface area contributed by atoms with Crippen LogP contribution in [-0.4, -0.2) is 38.1 Å². The van der Waals surface area contributed by atoms with Crippen LogP contribution in [0, 0.1) is 6.92 Å². The summed E-state index contributed by atoms with van der Waals surface area (Å²) in [6.07, 6.45) is 3.69. The van der Waals surface area contributed by atoms with E-state index in [0.29, 0.717) is 29.2 Å². The molecular formula is C20H23ClN2O3S. The van der Waals surface area contributed by atoms with Crippen molar-refractivity contribution in [1.29, 1.82) is 0 Å². The molecule has 7 heteroatoms. The zero-order chi connectivity index (χ0) is 19.6. The Balaban J connectivity index is 1.82. The Morgan fingerprint density at radius 1 is 1.26 bits per heavy atom. The van der Waals surface area contributed by atoms with Crippen LogP contribution in [-0.2, 0) is 16.4 Å². The fourth-order valence-corrected chi connectivity index (χ4v) is 4.30. The molecule has 0 aromatic heterocycles. The molecule has 1 amide bonds. The number of nitrogens with zero attached hydrogens (tertiary/aromatic N) is 1. The molecule has 1 N–H and O–H groups in total. The van der Waals surface area contributed by atoms with Crippen molar-refractivity contribution in [1.82, 2.24) is 4.90 Å². The van der Waals surface area contributed by atoms with Crippen molar-refractivity contribution in [3.05, 3.63) is 64.2 Å². The molecule has 0 radical (unpaired) electrons. The number of hydrogen-bond acceptors (Lipinski definition) is 3. The van der Waals surface area contributed by atoms with Crippen LogP contribution in [0.4, 0.5) is 5.69 Å². The van der Waals surface area contributed by atoms with E-state index in [4.69, 9.17) is 11.6 Å². The van der Waals surface area contributed by atoms with Gasteiger partial charge >= 0.3 is 0 Å². The lowest BCUT2D eigenvalue weighted by Gasteiger charge is -2.25.